The first-order valence-corrected chi connectivity index (χ1v) is 11.7. The maximum Gasteiger partial charge on any atom is 0.167 e. The van der Waals surface area contributed by atoms with Gasteiger partial charge in [0.05, 0.1) is 17.3 Å². The van der Waals surface area contributed by atoms with Gasteiger partial charge in [-0.1, -0.05) is 58.0 Å². The second-order valence-electron chi connectivity index (χ2n) is 6.52. The minimum Gasteiger partial charge on any atom is -0.297 e. The number of fused-ring (bicyclic) bond motifs is 1. The molecule has 0 saturated heterocycles. The molecule has 0 amide bonds. The molecule has 2 heterocycles. The smallest absolute Gasteiger partial charge is 0.167 e. The number of nitriles is 1. The van der Waals surface area contributed by atoms with Crippen LogP contribution in [0.3, 0.4) is 0 Å². The molecule has 0 bridgehead atoms. The number of hydrogen-bond acceptors (Lipinski definition) is 7. The van der Waals surface area contributed by atoms with Crippen LogP contribution in [-0.2, 0) is 4.79 Å². The summed E-state index contributed by atoms with van der Waals surface area (Å²) in [6.07, 6.45) is 0. The van der Waals surface area contributed by atoms with E-state index >= 15 is 0 Å². The van der Waals surface area contributed by atoms with Gasteiger partial charge in [-0.25, -0.2) is 15.0 Å². The molecule has 148 valence electrons. The van der Waals surface area contributed by atoms with Crippen LogP contribution in [0.25, 0.3) is 22.3 Å². The summed E-state index contributed by atoms with van der Waals surface area (Å²) in [5, 5.41) is 13.5. The van der Waals surface area contributed by atoms with Crippen molar-refractivity contribution in [1.82, 2.24) is 15.0 Å². The fraction of sp³-hybridized carbons (Fsp3) is 0.136. The Kier molecular flexibility index (Phi) is 6.23. The number of hydrogen-bond donors (Lipinski definition) is 0. The van der Waals surface area contributed by atoms with Crippen molar-refractivity contribution in [3.63, 3.8) is 0 Å². The molecule has 1 atom stereocenters. The summed E-state index contributed by atoms with van der Waals surface area (Å²) in [5.74, 6) is -0.291. The molecule has 0 fully saturated rings. The molecule has 4 rings (SSSR count). The Morgan fingerprint density at radius 3 is 2.63 bits per heavy atom. The van der Waals surface area contributed by atoms with Gasteiger partial charge in [-0.05, 0) is 25.1 Å². The molecule has 30 heavy (non-hydrogen) atoms. The number of thioether (sulfide) groups is 1. The first kappa shape index (κ1) is 20.7. The highest BCUT2D eigenvalue weighted by atomic mass is 79.9. The van der Waals surface area contributed by atoms with E-state index in [1.54, 1.807) is 0 Å². The van der Waals surface area contributed by atoms with Crippen LogP contribution in [0, 0.1) is 18.3 Å². The van der Waals surface area contributed by atoms with Crippen LogP contribution < -0.4 is 0 Å². The van der Waals surface area contributed by atoms with Crippen molar-refractivity contribution >= 4 is 55.7 Å². The summed E-state index contributed by atoms with van der Waals surface area (Å²) < 4.78 is 0.979. The highest BCUT2D eigenvalue weighted by molar-refractivity contribution is 9.10. The molecule has 0 aliphatic heterocycles. The van der Waals surface area contributed by atoms with E-state index in [1.807, 2.05) is 60.8 Å². The third kappa shape index (κ3) is 4.43. The molecule has 0 radical (unpaired) electrons. The van der Waals surface area contributed by atoms with E-state index in [0.29, 0.717) is 10.8 Å². The first-order chi connectivity index (χ1) is 14.5. The van der Waals surface area contributed by atoms with Gasteiger partial charge in [0.15, 0.2) is 17.5 Å². The Hall–Kier alpha value is -2.60. The van der Waals surface area contributed by atoms with Crippen molar-refractivity contribution in [3.05, 3.63) is 69.1 Å². The van der Waals surface area contributed by atoms with Gasteiger partial charge < -0.3 is 0 Å². The van der Waals surface area contributed by atoms with Crippen molar-refractivity contribution in [2.24, 2.45) is 0 Å². The number of halogens is 1. The molecule has 0 aliphatic rings. The predicted molar refractivity (Wildman–Crippen MR) is 124 cm³/mol. The van der Waals surface area contributed by atoms with Crippen LogP contribution in [0.1, 0.15) is 16.6 Å². The minimum absolute atomic E-state index is 0.137. The Bertz CT molecular complexity index is 1260. The van der Waals surface area contributed by atoms with Gasteiger partial charge >= 0.3 is 0 Å². The van der Waals surface area contributed by atoms with Crippen LogP contribution in [0.5, 0.6) is 0 Å². The third-order valence-corrected chi connectivity index (χ3v) is 6.93. The Morgan fingerprint density at radius 2 is 1.93 bits per heavy atom. The molecule has 8 heteroatoms. The number of para-hydroxylation sites is 1. The van der Waals surface area contributed by atoms with Gasteiger partial charge in [0, 0.05) is 26.5 Å². The molecule has 1 unspecified atom stereocenters. The number of carbonyl (C=O) groups is 1. The number of aryl methyl sites for hydroxylation is 1. The minimum atomic E-state index is -0.852. The highest BCUT2D eigenvalue weighted by Gasteiger charge is 2.24. The second kappa shape index (κ2) is 9.04. The van der Waals surface area contributed by atoms with Gasteiger partial charge in [0.1, 0.15) is 10.0 Å². The molecule has 5 nitrogen and oxygen atoms in total. The fourth-order valence-electron chi connectivity index (χ4n) is 2.88. The summed E-state index contributed by atoms with van der Waals surface area (Å²) in [5.41, 5.74) is 2.52. The number of Topliss-reactive ketones (excluding diaryl/α,β-unsaturated/α-hetero) is 1. The molecule has 2 aromatic heterocycles. The number of carbonyl (C=O) groups excluding carboxylic acids is 1. The van der Waals surface area contributed by atoms with Crippen molar-refractivity contribution in [1.29, 1.82) is 5.26 Å². The topological polar surface area (TPSA) is 79.5 Å². The number of nitrogens with zero attached hydrogens (tertiary/aromatic N) is 4. The summed E-state index contributed by atoms with van der Waals surface area (Å²) >= 11 is 6.11. The summed E-state index contributed by atoms with van der Waals surface area (Å²) in [6, 6.07) is 17.6. The lowest BCUT2D eigenvalue weighted by atomic mass is 10.1. The number of aromatic nitrogens is 3. The fourth-order valence-corrected chi connectivity index (χ4v) is 4.93. The number of thiazole rings is 1. The van der Waals surface area contributed by atoms with Gasteiger partial charge in [-0.2, -0.15) is 5.26 Å². The van der Waals surface area contributed by atoms with Gasteiger partial charge in [-0.15, -0.1) is 11.3 Å². The van der Waals surface area contributed by atoms with Crippen LogP contribution >= 0.6 is 39.0 Å². The number of benzene rings is 2. The molecule has 0 aliphatic carbocycles. The summed E-state index contributed by atoms with van der Waals surface area (Å²) in [7, 11) is 0. The van der Waals surface area contributed by atoms with E-state index in [0.717, 1.165) is 31.7 Å². The van der Waals surface area contributed by atoms with E-state index in [9.17, 15) is 10.1 Å². The third-order valence-electron chi connectivity index (χ3n) is 4.36. The molecule has 0 N–H and O–H groups in total. The maximum atomic E-state index is 12.8. The lowest BCUT2D eigenvalue weighted by Crippen LogP contribution is -2.13. The monoisotopic (exact) mass is 494 g/mol. The number of rotatable bonds is 6. The normalized spacial score (nSPS) is 11.9. The average Bonchev–Trinajstić information content (AvgIpc) is 3.18. The lowest BCUT2D eigenvalue weighted by molar-refractivity contribution is -0.116. The van der Waals surface area contributed by atoms with E-state index < -0.39 is 5.92 Å². The van der Waals surface area contributed by atoms with Crippen LogP contribution in [-0.4, -0.2) is 26.5 Å². The molecule has 4 aromatic rings. The van der Waals surface area contributed by atoms with Crippen molar-refractivity contribution in [2.45, 2.75) is 17.9 Å². The predicted octanol–water partition coefficient (Wildman–Crippen LogP) is 5.79. The molecule has 2 aromatic carbocycles. The largest absolute Gasteiger partial charge is 0.297 e. The zero-order valence-corrected chi connectivity index (χ0v) is 19.1. The number of ketones is 1. The Labute approximate surface area is 190 Å². The van der Waals surface area contributed by atoms with Crippen LogP contribution in [0.2, 0.25) is 0 Å². The van der Waals surface area contributed by atoms with Gasteiger partial charge in [0.25, 0.3) is 0 Å². The highest BCUT2D eigenvalue weighted by Crippen LogP contribution is 2.30. The summed E-state index contributed by atoms with van der Waals surface area (Å²) in [4.78, 5) is 26.5. The zero-order chi connectivity index (χ0) is 21.1. The molecular weight excluding hydrogens is 480 g/mol. The molecular formula is C22H15BrN4OS2. The van der Waals surface area contributed by atoms with Crippen LogP contribution in [0.15, 0.2) is 63.4 Å². The van der Waals surface area contributed by atoms with E-state index in [1.165, 1.54) is 23.1 Å². The lowest BCUT2D eigenvalue weighted by Gasteiger charge is -2.09. The first-order valence-electron chi connectivity index (χ1n) is 9.05. The van der Waals surface area contributed by atoms with Crippen molar-refractivity contribution < 1.29 is 4.79 Å². The summed E-state index contributed by atoms with van der Waals surface area (Å²) in [6.45, 7) is 1.85. The Balaban J connectivity index is 1.64. The van der Waals surface area contributed by atoms with Gasteiger partial charge in [-0.3, -0.25) is 4.79 Å². The molecule has 0 saturated carbocycles. The van der Waals surface area contributed by atoms with Crippen molar-refractivity contribution in [3.8, 4) is 17.5 Å². The van der Waals surface area contributed by atoms with Crippen molar-refractivity contribution in [2.75, 3.05) is 5.75 Å². The van der Waals surface area contributed by atoms with Gasteiger partial charge in [0.2, 0.25) is 0 Å². The zero-order valence-electron chi connectivity index (χ0n) is 15.9. The van der Waals surface area contributed by atoms with E-state index in [4.69, 9.17) is 4.98 Å². The van der Waals surface area contributed by atoms with E-state index in [-0.39, 0.29) is 11.5 Å². The quantitative estimate of drug-likeness (QED) is 0.249. The average molecular weight is 495 g/mol. The van der Waals surface area contributed by atoms with Crippen LogP contribution in [0.4, 0.5) is 0 Å². The molecule has 0 spiro atoms. The van der Waals surface area contributed by atoms with E-state index in [2.05, 4.69) is 32.0 Å². The Morgan fingerprint density at radius 1 is 1.17 bits per heavy atom. The second-order valence-corrected chi connectivity index (χ2v) is 9.29. The SMILES string of the molecule is Cc1csc(C(C#N)C(=O)CSc2nc(-c3ccc(Br)cc3)nc3ccccc23)n1. The standard InChI is InChI=1S/C22H15BrN4OS2/c1-13-11-29-22(25-13)17(10-24)19(28)12-30-21-16-4-2-3-5-18(16)26-20(27-21)14-6-8-15(23)9-7-14/h2-9,11,17H,12H2,1H3. The maximum absolute atomic E-state index is 12.8.